The minimum atomic E-state index is -1.27. The number of unbranched alkanes of at least 4 members (excludes halogenated alkanes) is 2. The van der Waals surface area contributed by atoms with Crippen molar-refractivity contribution in [3.63, 3.8) is 0 Å². The van der Waals surface area contributed by atoms with Gasteiger partial charge in [-0.1, -0.05) is 43.5 Å². The number of benzene rings is 2. The zero-order valence-electron chi connectivity index (χ0n) is 16.6. The first-order valence-corrected chi connectivity index (χ1v) is 10.1. The molecule has 5 nitrogen and oxygen atoms in total. The summed E-state index contributed by atoms with van der Waals surface area (Å²) in [4.78, 5) is 15.0. The molecule has 2 aliphatic heterocycles. The van der Waals surface area contributed by atoms with Crippen molar-refractivity contribution in [1.29, 1.82) is 0 Å². The van der Waals surface area contributed by atoms with Crippen LogP contribution in [0.4, 0.5) is 5.69 Å². The molecule has 0 aliphatic carbocycles. The molecule has 1 spiro atoms. The number of hydrogen-bond donors (Lipinski definition) is 0. The summed E-state index contributed by atoms with van der Waals surface area (Å²) in [5.41, 5.74) is 3.79. The molecule has 0 bridgehead atoms. The Hall–Kier alpha value is -2.37. The standard InChI is InChI=1S/C23H27NO4/c1-3-4-5-12-26-19-9-7-18(8-10-19)16-24-21-11-6-17(2)15-20(21)23(22(24)25)27-13-14-28-23/h6-11,15H,3-5,12-14,16H2,1-2H3. The van der Waals surface area contributed by atoms with Gasteiger partial charge in [-0.2, -0.15) is 0 Å². The molecule has 2 heterocycles. The molecule has 0 N–H and O–H groups in total. The molecule has 4 rings (SSSR count). The van der Waals surface area contributed by atoms with Gasteiger partial charge in [0.2, 0.25) is 0 Å². The molecular formula is C23H27NO4. The van der Waals surface area contributed by atoms with Crippen LogP contribution in [0.1, 0.15) is 42.9 Å². The van der Waals surface area contributed by atoms with E-state index in [1.807, 2.05) is 49.4 Å². The average molecular weight is 381 g/mol. The summed E-state index contributed by atoms with van der Waals surface area (Å²) in [5.74, 6) is -0.558. The van der Waals surface area contributed by atoms with Gasteiger partial charge in [-0.05, 0) is 43.2 Å². The molecule has 2 aromatic rings. The van der Waals surface area contributed by atoms with Gasteiger partial charge in [-0.25, -0.2) is 0 Å². The molecule has 148 valence electrons. The molecule has 0 aromatic heterocycles. The summed E-state index contributed by atoms with van der Waals surface area (Å²) in [6.07, 6.45) is 3.43. The van der Waals surface area contributed by atoms with Gasteiger partial charge in [-0.3, -0.25) is 4.79 Å². The molecule has 1 fully saturated rings. The number of hydrogen-bond acceptors (Lipinski definition) is 4. The number of carbonyl (C=O) groups is 1. The van der Waals surface area contributed by atoms with Crippen molar-refractivity contribution in [3.05, 3.63) is 59.2 Å². The van der Waals surface area contributed by atoms with Gasteiger partial charge in [0.25, 0.3) is 11.7 Å². The lowest BCUT2D eigenvalue weighted by atomic mass is 10.0. The Balaban J connectivity index is 1.51. The number of anilines is 1. The van der Waals surface area contributed by atoms with Crippen LogP contribution in [0.15, 0.2) is 42.5 Å². The Morgan fingerprint density at radius 3 is 2.54 bits per heavy atom. The molecule has 5 heteroatoms. The van der Waals surface area contributed by atoms with Crippen LogP contribution in [0, 0.1) is 6.92 Å². The van der Waals surface area contributed by atoms with Crippen LogP contribution in [0.25, 0.3) is 0 Å². The van der Waals surface area contributed by atoms with Gasteiger partial charge < -0.3 is 19.1 Å². The van der Waals surface area contributed by atoms with E-state index in [1.165, 1.54) is 12.8 Å². The lowest BCUT2D eigenvalue weighted by molar-refractivity contribution is -0.180. The van der Waals surface area contributed by atoms with Crippen molar-refractivity contribution in [1.82, 2.24) is 0 Å². The molecule has 0 radical (unpaired) electrons. The summed E-state index contributed by atoms with van der Waals surface area (Å²) in [5, 5.41) is 0. The number of rotatable bonds is 7. The molecular weight excluding hydrogens is 354 g/mol. The number of amides is 1. The Morgan fingerprint density at radius 2 is 1.82 bits per heavy atom. The van der Waals surface area contributed by atoms with Crippen LogP contribution in [0.5, 0.6) is 5.75 Å². The zero-order valence-corrected chi connectivity index (χ0v) is 16.6. The van der Waals surface area contributed by atoms with E-state index < -0.39 is 5.79 Å². The summed E-state index contributed by atoms with van der Waals surface area (Å²) in [6.45, 7) is 6.25. The summed E-state index contributed by atoms with van der Waals surface area (Å²) in [7, 11) is 0. The van der Waals surface area contributed by atoms with Crippen molar-refractivity contribution in [3.8, 4) is 5.75 Å². The lowest BCUT2D eigenvalue weighted by Crippen LogP contribution is -2.40. The van der Waals surface area contributed by atoms with E-state index in [0.717, 1.165) is 41.2 Å². The van der Waals surface area contributed by atoms with E-state index in [4.69, 9.17) is 14.2 Å². The minimum Gasteiger partial charge on any atom is -0.494 e. The maximum atomic E-state index is 13.2. The molecule has 1 amide bonds. The third-order valence-corrected chi connectivity index (χ3v) is 5.30. The second-order valence-corrected chi connectivity index (χ2v) is 7.42. The first-order chi connectivity index (χ1) is 13.6. The molecule has 1 saturated heterocycles. The Morgan fingerprint density at radius 1 is 1.07 bits per heavy atom. The normalized spacial score (nSPS) is 17.4. The number of nitrogens with zero attached hydrogens (tertiary/aromatic N) is 1. The van der Waals surface area contributed by atoms with Gasteiger partial charge in [0.15, 0.2) is 0 Å². The molecule has 28 heavy (non-hydrogen) atoms. The van der Waals surface area contributed by atoms with Crippen molar-refractivity contribution in [2.45, 2.75) is 45.4 Å². The van der Waals surface area contributed by atoms with Crippen LogP contribution in [-0.4, -0.2) is 25.7 Å². The smallest absolute Gasteiger partial charge is 0.292 e. The fourth-order valence-corrected chi connectivity index (χ4v) is 3.82. The van der Waals surface area contributed by atoms with E-state index in [9.17, 15) is 4.79 Å². The molecule has 0 atom stereocenters. The third-order valence-electron chi connectivity index (χ3n) is 5.30. The Labute approximate surface area is 166 Å². The van der Waals surface area contributed by atoms with E-state index in [1.54, 1.807) is 4.90 Å². The van der Waals surface area contributed by atoms with Crippen molar-refractivity contribution in [2.24, 2.45) is 0 Å². The molecule has 0 unspecified atom stereocenters. The number of carbonyl (C=O) groups excluding carboxylic acids is 1. The zero-order chi connectivity index (χ0) is 19.6. The molecule has 2 aromatic carbocycles. The molecule has 0 saturated carbocycles. The van der Waals surface area contributed by atoms with Crippen LogP contribution in [0.3, 0.4) is 0 Å². The summed E-state index contributed by atoms with van der Waals surface area (Å²) < 4.78 is 17.4. The fourth-order valence-electron chi connectivity index (χ4n) is 3.82. The van der Waals surface area contributed by atoms with E-state index in [-0.39, 0.29) is 5.91 Å². The largest absolute Gasteiger partial charge is 0.494 e. The van der Waals surface area contributed by atoms with Gasteiger partial charge in [0.1, 0.15) is 5.75 Å². The summed E-state index contributed by atoms with van der Waals surface area (Å²) in [6, 6.07) is 13.9. The van der Waals surface area contributed by atoms with Crippen LogP contribution < -0.4 is 9.64 Å². The van der Waals surface area contributed by atoms with E-state index >= 15 is 0 Å². The monoisotopic (exact) mass is 381 g/mol. The first kappa shape index (κ1) is 19.0. The van der Waals surface area contributed by atoms with Crippen molar-refractivity contribution in [2.75, 3.05) is 24.7 Å². The second-order valence-electron chi connectivity index (χ2n) is 7.42. The summed E-state index contributed by atoms with van der Waals surface area (Å²) >= 11 is 0. The maximum Gasteiger partial charge on any atom is 0.292 e. The van der Waals surface area contributed by atoms with Gasteiger partial charge >= 0.3 is 0 Å². The first-order valence-electron chi connectivity index (χ1n) is 10.1. The SMILES string of the molecule is CCCCCOc1ccc(CN2C(=O)C3(OCCO3)c3cc(C)ccc32)cc1. The predicted molar refractivity (Wildman–Crippen MR) is 107 cm³/mol. The number of ether oxygens (including phenoxy) is 3. The van der Waals surface area contributed by atoms with Gasteiger partial charge in [0.05, 0.1) is 32.1 Å². The fraction of sp³-hybridized carbons (Fsp3) is 0.435. The van der Waals surface area contributed by atoms with E-state index in [2.05, 4.69) is 6.92 Å². The van der Waals surface area contributed by atoms with E-state index in [0.29, 0.717) is 19.8 Å². The highest BCUT2D eigenvalue weighted by atomic mass is 16.7. The van der Waals surface area contributed by atoms with Crippen LogP contribution in [-0.2, 0) is 26.6 Å². The number of aryl methyl sites for hydroxylation is 1. The molecule has 2 aliphatic rings. The highest BCUT2D eigenvalue weighted by Gasteiger charge is 2.55. The Kier molecular flexibility index (Phi) is 5.38. The average Bonchev–Trinajstić information content (AvgIpc) is 3.28. The third kappa shape index (κ3) is 3.40. The minimum absolute atomic E-state index is 0.148. The Bertz CT molecular complexity index is 840. The topological polar surface area (TPSA) is 48.0 Å². The number of fused-ring (bicyclic) bond motifs is 2. The van der Waals surface area contributed by atoms with Crippen molar-refractivity contribution < 1.29 is 19.0 Å². The maximum absolute atomic E-state index is 13.2. The second kappa shape index (κ2) is 7.94. The predicted octanol–water partition coefficient (Wildman–Crippen LogP) is 4.31. The highest BCUT2D eigenvalue weighted by molar-refractivity contribution is 6.06. The van der Waals surface area contributed by atoms with Crippen LogP contribution in [0.2, 0.25) is 0 Å². The van der Waals surface area contributed by atoms with Gasteiger partial charge in [0, 0.05) is 5.56 Å². The van der Waals surface area contributed by atoms with Crippen molar-refractivity contribution >= 4 is 11.6 Å². The van der Waals surface area contributed by atoms with Gasteiger partial charge in [-0.15, -0.1) is 0 Å². The quantitative estimate of drug-likeness (QED) is 0.671. The van der Waals surface area contributed by atoms with Crippen LogP contribution >= 0.6 is 0 Å². The highest BCUT2D eigenvalue weighted by Crippen LogP contribution is 2.46. The lowest BCUT2D eigenvalue weighted by Gasteiger charge is -2.22.